The van der Waals surface area contributed by atoms with E-state index in [1.54, 1.807) is 17.8 Å². The maximum absolute atomic E-state index is 11.5. The first-order valence-corrected chi connectivity index (χ1v) is 4.56. The van der Waals surface area contributed by atoms with Gasteiger partial charge in [-0.05, 0) is 19.9 Å². The fraction of sp³-hybridized carbons (Fsp3) is 0.556. The van der Waals surface area contributed by atoms with Crippen molar-refractivity contribution in [2.75, 3.05) is 6.54 Å². The lowest BCUT2D eigenvalue weighted by atomic mass is 10.3. The number of hydrogen-bond acceptors (Lipinski definition) is 3. The summed E-state index contributed by atoms with van der Waals surface area (Å²) in [6, 6.07) is 1.73. The van der Waals surface area contributed by atoms with Crippen LogP contribution in [0.2, 0.25) is 0 Å². The summed E-state index contributed by atoms with van der Waals surface area (Å²) >= 11 is 0. The van der Waals surface area contributed by atoms with Crippen molar-refractivity contribution in [2.45, 2.75) is 19.9 Å². The summed E-state index contributed by atoms with van der Waals surface area (Å²) in [5, 5.41) is 6.81. The molecule has 5 nitrogen and oxygen atoms in total. The van der Waals surface area contributed by atoms with Crippen molar-refractivity contribution in [3.8, 4) is 0 Å². The topological polar surface area (TPSA) is 72.9 Å². The zero-order chi connectivity index (χ0) is 10.7. The van der Waals surface area contributed by atoms with Gasteiger partial charge < -0.3 is 11.1 Å². The molecule has 1 atom stereocenters. The molecule has 3 N–H and O–H groups in total. The van der Waals surface area contributed by atoms with E-state index < -0.39 is 0 Å². The van der Waals surface area contributed by atoms with Crippen LogP contribution in [0.5, 0.6) is 0 Å². The molecule has 0 aliphatic rings. The monoisotopic (exact) mass is 232 g/mol. The van der Waals surface area contributed by atoms with Crippen LogP contribution >= 0.6 is 12.4 Å². The van der Waals surface area contributed by atoms with E-state index in [1.807, 2.05) is 13.8 Å². The third kappa shape index (κ3) is 3.53. The van der Waals surface area contributed by atoms with Crippen LogP contribution < -0.4 is 11.1 Å². The third-order valence-corrected chi connectivity index (χ3v) is 2.08. The Morgan fingerprint density at radius 1 is 1.73 bits per heavy atom. The van der Waals surface area contributed by atoms with E-state index in [1.165, 1.54) is 0 Å². The molecule has 6 heteroatoms. The van der Waals surface area contributed by atoms with Crippen LogP contribution in [0.1, 0.15) is 23.1 Å². The normalized spacial score (nSPS) is 11.7. The van der Waals surface area contributed by atoms with Gasteiger partial charge >= 0.3 is 0 Å². The Hall–Kier alpha value is -1.07. The Labute approximate surface area is 95.4 Å². The van der Waals surface area contributed by atoms with Gasteiger partial charge in [0.2, 0.25) is 0 Å². The van der Waals surface area contributed by atoms with Crippen LogP contribution in [-0.2, 0) is 7.05 Å². The number of halogens is 1. The second-order valence-corrected chi connectivity index (χ2v) is 3.40. The molecule has 0 unspecified atom stereocenters. The quantitative estimate of drug-likeness (QED) is 0.784. The highest BCUT2D eigenvalue weighted by Gasteiger charge is 2.12. The summed E-state index contributed by atoms with van der Waals surface area (Å²) in [4.78, 5) is 11.5. The van der Waals surface area contributed by atoms with E-state index in [0.29, 0.717) is 12.2 Å². The second kappa shape index (κ2) is 5.72. The molecule has 15 heavy (non-hydrogen) atoms. The highest BCUT2D eigenvalue weighted by molar-refractivity contribution is 5.92. The van der Waals surface area contributed by atoms with Gasteiger partial charge in [-0.15, -0.1) is 12.4 Å². The molecule has 0 bridgehead atoms. The summed E-state index contributed by atoms with van der Waals surface area (Å²) in [6.45, 7) is 4.18. The zero-order valence-electron chi connectivity index (χ0n) is 9.15. The van der Waals surface area contributed by atoms with Gasteiger partial charge in [-0.3, -0.25) is 9.48 Å². The number of aryl methyl sites for hydroxylation is 2. The summed E-state index contributed by atoms with van der Waals surface area (Å²) in [5.74, 6) is -0.174. The lowest BCUT2D eigenvalue weighted by Crippen LogP contribution is -2.38. The van der Waals surface area contributed by atoms with Crippen LogP contribution in [-0.4, -0.2) is 28.3 Å². The van der Waals surface area contributed by atoms with Crippen LogP contribution in [0.25, 0.3) is 0 Å². The number of nitrogens with two attached hydrogens (primary N) is 1. The fourth-order valence-corrected chi connectivity index (χ4v) is 1.03. The highest BCUT2D eigenvalue weighted by Crippen LogP contribution is 2.00. The smallest absolute Gasteiger partial charge is 0.272 e. The summed E-state index contributed by atoms with van der Waals surface area (Å²) in [6.07, 6.45) is 0. The summed E-state index contributed by atoms with van der Waals surface area (Å²) < 4.78 is 1.67. The Morgan fingerprint density at radius 3 is 2.73 bits per heavy atom. The number of hydrogen-bond donors (Lipinski definition) is 2. The van der Waals surface area contributed by atoms with Gasteiger partial charge in [0.1, 0.15) is 5.69 Å². The minimum atomic E-state index is -0.174. The van der Waals surface area contributed by atoms with Crippen LogP contribution in [0.4, 0.5) is 0 Å². The molecule has 0 radical (unpaired) electrons. The Bertz CT molecular complexity index is 317. The average molecular weight is 233 g/mol. The first-order valence-electron chi connectivity index (χ1n) is 4.56. The van der Waals surface area contributed by atoms with Gasteiger partial charge in [-0.1, -0.05) is 0 Å². The van der Waals surface area contributed by atoms with E-state index in [9.17, 15) is 4.79 Å². The lowest BCUT2D eigenvalue weighted by Gasteiger charge is -2.08. The van der Waals surface area contributed by atoms with Gasteiger partial charge in [0.25, 0.3) is 5.91 Å². The van der Waals surface area contributed by atoms with Crippen molar-refractivity contribution in [3.63, 3.8) is 0 Å². The lowest BCUT2D eigenvalue weighted by molar-refractivity contribution is 0.0935. The SMILES string of the molecule is Cc1cc(C(=O)N[C@@H](C)CN)nn1C.Cl. The van der Waals surface area contributed by atoms with Gasteiger partial charge in [-0.2, -0.15) is 5.10 Å². The van der Waals surface area contributed by atoms with E-state index in [4.69, 9.17) is 5.73 Å². The first kappa shape index (κ1) is 13.9. The molecule has 0 fully saturated rings. The van der Waals surface area contributed by atoms with Crippen molar-refractivity contribution >= 4 is 18.3 Å². The molecule has 86 valence electrons. The second-order valence-electron chi connectivity index (χ2n) is 3.40. The van der Waals surface area contributed by atoms with Crippen LogP contribution in [0.15, 0.2) is 6.07 Å². The zero-order valence-corrected chi connectivity index (χ0v) is 9.97. The first-order chi connectivity index (χ1) is 6.54. The molecule has 0 aromatic carbocycles. The molecule has 0 saturated heterocycles. The number of carbonyl (C=O) groups is 1. The van der Waals surface area contributed by atoms with Gasteiger partial charge in [0.15, 0.2) is 0 Å². The fourth-order valence-electron chi connectivity index (χ4n) is 1.03. The standard InChI is InChI=1S/C9H16N4O.ClH/c1-6(5-10)11-9(14)8-4-7(2)13(3)12-8;/h4,6H,5,10H2,1-3H3,(H,11,14);1H/t6-;/m0./s1. The molecule has 1 aromatic rings. The van der Waals surface area contributed by atoms with Crippen molar-refractivity contribution in [3.05, 3.63) is 17.5 Å². The molecule has 1 amide bonds. The molecule has 0 saturated carbocycles. The number of carbonyl (C=O) groups excluding carboxylic acids is 1. The van der Waals surface area contributed by atoms with Gasteiger partial charge in [0, 0.05) is 25.3 Å². The largest absolute Gasteiger partial charge is 0.347 e. The molecule has 1 aromatic heterocycles. The Balaban J connectivity index is 0.00000196. The maximum atomic E-state index is 11.5. The predicted molar refractivity (Wildman–Crippen MR) is 61.2 cm³/mol. The molecule has 1 heterocycles. The Kier molecular flexibility index (Phi) is 5.32. The van der Waals surface area contributed by atoms with E-state index >= 15 is 0 Å². The van der Waals surface area contributed by atoms with Crippen molar-refractivity contribution in [2.24, 2.45) is 12.8 Å². The van der Waals surface area contributed by atoms with E-state index in [0.717, 1.165) is 5.69 Å². The minimum absolute atomic E-state index is 0. The number of rotatable bonds is 3. The van der Waals surface area contributed by atoms with Crippen molar-refractivity contribution in [1.82, 2.24) is 15.1 Å². The molecular weight excluding hydrogens is 216 g/mol. The number of amides is 1. The maximum Gasteiger partial charge on any atom is 0.272 e. The molecular formula is C9H17ClN4O. The van der Waals surface area contributed by atoms with E-state index in [2.05, 4.69) is 10.4 Å². The third-order valence-electron chi connectivity index (χ3n) is 2.08. The minimum Gasteiger partial charge on any atom is -0.347 e. The molecule has 0 aliphatic carbocycles. The van der Waals surface area contributed by atoms with Crippen LogP contribution in [0, 0.1) is 6.92 Å². The highest BCUT2D eigenvalue weighted by atomic mass is 35.5. The van der Waals surface area contributed by atoms with Crippen LogP contribution in [0.3, 0.4) is 0 Å². The van der Waals surface area contributed by atoms with Gasteiger partial charge in [-0.25, -0.2) is 0 Å². The van der Waals surface area contributed by atoms with Gasteiger partial charge in [0.05, 0.1) is 0 Å². The number of nitrogens with one attached hydrogen (secondary N) is 1. The molecule has 0 spiro atoms. The molecule has 1 rings (SSSR count). The summed E-state index contributed by atoms with van der Waals surface area (Å²) in [5.41, 5.74) is 6.78. The average Bonchev–Trinajstić information content (AvgIpc) is 2.47. The Morgan fingerprint density at radius 2 is 2.33 bits per heavy atom. The number of nitrogens with zero attached hydrogens (tertiary/aromatic N) is 2. The molecule has 0 aliphatic heterocycles. The van der Waals surface area contributed by atoms with E-state index in [-0.39, 0.29) is 24.4 Å². The van der Waals surface area contributed by atoms with Crippen molar-refractivity contribution in [1.29, 1.82) is 0 Å². The summed E-state index contributed by atoms with van der Waals surface area (Å²) in [7, 11) is 1.80. The van der Waals surface area contributed by atoms with Crippen molar-refractivity contribution < 1.29 is 4.79 Å². The predicted octanol–water partition coefficient (Wildman–Crippen LogP) is 0.227. The number of aromatic nitrogens is 2.